The van der Waals surface area contributed by atoms with Crippen molar-refractivity contribution < 1.29 is 23.1 Å². The Labute approximate surface area is 132 Å². The average molecular weight is 337 g/mol. The van der Waals surface area contributed by atoms with Crippen molar-refractivity contribution in [1.29, 1.82) is 0 Å². The molecule has 1 aromatic carbocycles. The van der Waals surface area contributed by atoms with Gasteiger partial charge in [-0.05, 0) is 35.4 Å². The molecule has 122 valence electrons. The first kappa shape index (κ1) is 15.5. The summed E-state index contributed by atoms with van der Waals surface area (Å²) in [6.45, 7) is 1.46. The predicted molar refractivity (Wildman–Crippen MR) is 80.3 cm³/mol. The molecule has 2 aliphatic rings. The average Bonchev–Trinajstić information content (AvgIpc) is 3.04. The molecule has 23 heavy (non-hydrogen) atoms. The van der Waals surface area contributed by atoms with Crippen LogP contribution in [0.4, 0.5) is 4.79 Å². The summed E-state index contributed by atoms with van der Waals surface area (Å²) in [4.78, 5) is 26.3. The number of primary sulfonamides is 1. The van der Waals surface area contributed by atoms with Gasteiger partial charge in [-0.3, -0.25) is 4.79 Å². The van der Waals surface area contributed by atoms with Crippen LogP contribution in [0.3, 0.4) is 0 Å². The van der Waals surface area contributed by atoms with Gasteiger partial charge in [0.05, 0.1) is 4.90 Å². The number of nitrogens with zero attached hydrogens (tertiary/aromatic N) is 2. The summed E-state index contributed by atoms with van der Waals surface area (Å²) in [5, 5.41) is 14.0. The zero-order chi connectivity index (χ0) is 16.8. The molecule has 8 nitrogen and oxygen atoms in total. The van der Waals surface area contributed by atoms with Crippen LogP contribution in [0, 0.1) is 0 Å². The number of sulfonamides is 1. The van der Waals surface area contributed by atoms with Crippen molar-refractivity contribution in [2.45, 2.75) is 4.90 Å². The zero-order valence-electron chi connectivity index (χ0n) is 12.1. The monoisotopic (exact) mass is 337 g/mol. The lowest BCUT2D eigenvalue weighted by Crippen LogP contribution is -2.35. The largest absolute Gasteiger partial charge is 0.465 e. The van der Waals surface area contributed by atoms with Gasteiger partial charge in [0, 0.05) is 31.7 Å². The maximum absolute atomic E-state index is 12.4. The van der Waals surface area contributed by atoms with Crippen molar-refractivity contribution in [1.82, 2.24) is 9.80 Å². The lowest BCUT2D eigenvalue weighted by Gasteiger charge is -2.21. The molecule has 0 saturated heterocycles. The van der Waals surface area contributed by atoms with E-state index in [-0.39, 0.29) is 10.8 Å². The number of carbonyl (C=O) groups excluding carboxylic acids is 1. The van der Waals surface area contributed by atoms with Crippen LogP contribution >= 0.6 is 0 Å². The smallest absolute Gasteiger partial charge is 0.407 e. The van der Waals surface area contributed by atoms with Crippen molar-refractivity contribution in [2.24, 2.45) is 5.14 Å². The Kier molecular flexibility index (Phi) is 3.61. The first-order chi connectivity index (χ1) is 10.8. The number of hydrogen-bond donors (Lipinski definition) is 2. The molecular formula is C14H15N3O5S. The maximum atomic E-state index is 12.4. The van der Waals surface area contributed by atoms with Gasteiger partial charge in [0.2, 0.25) is 10.0 Å². The Balaban J connectivity index is 1.69. The molecule has 0 unspecified atom stereocenters. The maximum Gasteiger partial charge on any atom is 0.407 e. The van der Waals surface area contributed by atoms with Crippen LogP contribution in [-0.2, 0) is 10.0 Å². The van der Waals surface area contributed by atoms with Gasteiger partial charge in [0.1, 0.15) is 0 Å². The summed E-state index contributed by atoms with van der Waals surface area (Å²) in [6, 6.07) is 5.45. The summed E-state index contributed by atoms with van der Waals surface area (Å²) >= 11 is 0. The van der Waals surface area contributed by atoms with E-state index in [1.54, 1.807) is 4.90 Å². The van der Waals surface area contributed by atoms with Gasteiger partial charge < -0.3 is 14.9 Å². The third kappa shape index (κ3) is 2.92. The van der Waals surface area contributed by atoms with Crippen LogP contribution in [0.5, 0.6) is 0 Å². The van der Waals surface area contributed by atoms with Crippen molar-refractivity contribution in [2.75, 3.05) is 26.2 Å². The number of rotatable bonds is 2. The van der Waals surface area contributed by atoms with E-state index < -0.39 is 16.1 Å². The van der Waals surface area contributed by atoms with Gasteiger partial charge >= 0.3 is 6.09 Å². The molecule has 0 bridgehead atoms. The summed E-state index contributed by atoms with van der Waals surface area (Å²) in [5.74, 6) is -0.220. The van der Waals surface area contributed by atoms with E-state index in [0.717, 1.165) is 11.1 Å². The standard InChI is InChI=1S/C14H15N3O5S/c15-23(21,22)12-3-1-9(2-4-12)13(18)16-5-10-7-17(14(19)20)8-11(10)6-16/h1-4H,5-8H2,(H,19,20)(H2,15,21,22). The van der Waals surface area contributed by atoms with Crippen LogP contribution in [0.1, 0.15) is 10.4 Å². The summed E-state index contributed by atoms with van der Waals surface area (Å²) in [6.07, 6.45) is -0.962. The van der Waals surface area contributed by atoms with Crippen LogP contribution in [0.15, 0.2) is 40.3 Å². The molecule has 2 amide bonds. The van der Waals surface area contributed by atoms with E-state index >= 15 is 0 Å². The number of benzene rings is 1. The van der Waals surface area contributed by atoms with Gasteiger partial charge in [-0.25, -0.2) is 18.4 Å². The summed E-state index contributed by atoms with van der Waals surface area (Å²) in [5.41, 5.74) is 2.29. The van der Waals surface area contributed by atoms with Crippen molar-refractivity contribution >= 4 is 22.0 Å². The van der Waals surface area contributed by atoms with Gasteiger partial charge in [-0.1, -0.05) is 0 Å². The number of amides is 2. The molecule has 9 heteroatoms. The lowest BCUT2D eigenvalue weighted by atomic mass is 10.2. The third-order valence-electron chi connectivity index (χ3n) is 4.01. The SMILES string of the molecule is NS(=O)(=O)c1ccc(C(=O)N2CC3=C(CN(C(=O)O)C3)C2)cc1. The minimum atomic E-state index is -3.79. The number of nitrogens with two attached hydrogens (primary N) is 1. The van der Waals surface area contributed by atoms with E-state index in [1.807, 2.05) is 0 Å². The number of hydrogen-bond acceptors (Lipinski definition) is 4. The van der Waals surface area contributed by atoms with E-state index in [9.17, 15) is 18.0 Å². The van der Waals surface area contributed by atoms with Crippen LogP contribution in [-0.4, -0.2) is 61.5 Å². The molecule has 0 fully saturated rings. The normalized spacial score (nSPS) is 17.6. The molecule has 1 aromatic rings. The second kappa shape index (κ2) is 5.36. The second-order valence-corrected chi connectivity index (χ2v) is 7.14. The molecule has 2 heterocycles. The molecule has 0 radical (unpaired) electrons. The molecule has 2 aliphatic heterocycles. The molecule has 0 aromatic heterocycles. The Hall–Kier alpha value is -2.39. The quantitative estimate of drug-likeness (QED) is 0.740. The minimum Gasteiger partial charge on any atom is -0.465 e. The fourth-order valence-electron chi connectivity index (χ4n) is 2.83. The molecule has 3 rings (SSSR count). The van der Waals surface area contributed by atoms with E-state index in [4.69, 9.17) is 10.2 Å². The van der Waals surface area contributed by atoms with E-state index in [0.29, 0.717) is 31.7 Å². The van der Waals surface area contributed by atoms with Crippen molar-refractivity contribution in [3.63, 3.8) is 0 Å². The molecule has 0 atom stereocenters. The molecule has 3 N–H and O–H groups in total. The van der Waals surface area contributed by atoms with Gasteiger partial charge in [0.25, 0.3) is 5.91 Å². The van der Waals surface area contributed by atoms with Crippen LogP contribution in [0.25, 0.3) is 0 Å². The topological polar surface area (TPSA) is 121 Å². The van der Waals surface area contributed by atoms with Gasteiger partial charge in [-0.15, -0.1) is 0 Å². The fourth-order valence-corrected chi connectivity index (χ4v) is 3.34. The van der Waals surface area contributed by atoms with Crippen molar-refractivity contribution in [3.8, 4) is 0 Å². The fraction of sp³-hybridized carbons (Fsp3) is 0.286. The highest BCUT2D eigenvalue weighted by molar-refractivity contribution is 7.89. The van der Waals surface area contributed by atoms with E-state index in [2.05, 4.69) is 0 Å². The first-order valence-electron chi connectivity index (χ1n) is 6.85. The number of carboxylic acid groups (broad SMARTS) is 1. The molecule has 0 aliphatic carbocycles. The molecular weight excluding hydrogens is 322 g/mol. The molecule has 0 spiro atoms. The van der Waals surface area contributed by atoms with Crippen molar-refractivity contribution in [3.05, 3.63) is 41.0 Å². The van der Waals surface area contributed by atoms with Crippen LogP contribution < -0.4 is 5.14 Å². The third-order valence-corrected chi connectivity index (χ3v) is 4.94. The minimum absolute atomic E-state index is 0.0480. The highest BCUT2D eigenvalue weighted by atomic mass is 32.2. The lowest BCUT2D eigenvalue weighted by molar-refractivity contribution is 0.0790. The Morgan fingerprint density at radius 3 is 1.87 bits per heavy atom. The highest BCUT2D eigenvalue weighted by Crippen LogP contribution is 2.26. The van der Waals surface area contributed by atoms with Gasteiger partial charge in [0.15, 0.2) is 0 Å². The van der Waals surface area contributed by atoms with E-state index in [1.165, 1.54) is 29.2 Å². The van der Waals surface area contributed by atoms with Gasteiger partial charge in [-0.2, -0.15) is 0 Å². The predicted octanol–water partition coefficient (Wildman–Crippen LogP) is 0.0800. The van der Waals surface area contributed by atoms with Crippen LogP contribution in [0.2, 0.25) is 0 Å². The highest BCUT2D eigenvalue weighted by Gasteiger charge is 2.34. The first-order valence-corrected chi connectivity index (χ1v) is 8.40. The second-order valence-electron chi connectivity index (χ2n) is 5.58. The Bertz CT molecular complexity index is 795. The molecule has 0 saturated carbocycles. The zero-order valence-corrected chi connectivity index (χ0v) is 12.9. The Morgan fingerprint density at radius 2 is 1.43 bits per heavy atom. The number of carbonyl (C=O) groups is 2. The summed E-state index contributed by atoms with van der Waals surface area (Å²) < 4.78 is 22.4. The summed E-state index contributed by atoms with van der Waals surface area (Å²) in [7, 11) is -3.79. The Morgan fingerprint density at radius 1 is 0.957 bits per heavy atom.